The molecule has 0 amide bonds. The SMILES string of the molecule is COP(=O)(OC)OC12CCCC=C1CCCCC2. The van der Waals surface area contributed by atoms with Gasteiger partial charge in [0, 0.05) is 14.2 Å². The second kappa shape index (κ2) is 5.87. The number of phosphoric acid groups is 1. The van der Waals surface area contributed by atoms with Gasteiger partial charge in [-0.15, -0.1) is 0 Å². The summed E-state index contributed by atoms with van der Waals surface area (Å²) in [5, 5.41) is 0. The van der Waals surface area contributed by atoms with Crippen LogP contribution in [0.5, 0.6) is 0 Å². The molecule has 0 spiro atoms. The standard InChI is InChI=1S/C13H23O4P/c1-15-18(14,16-2)17-13-10-6-3-4-8-12(13)9-5-7-11-13/h9H,3-8,10-11H2,1-2H3. The Morgan fingerprint density at radius 1 is 1.11 bits per heavy atom. The lowest BCUT2D eigenvalue weighted by molar-refractivity contribution is 0.0293. The number of rotatable bonds is 4. The summed E-state index contributed by atoms with van der Waals surface area (Å²) >= 11 is 0. The van der Waals surface area contributed by atoms with E-state index in [1.807, 2.05) is 0 Å². The third kappa shape index (κ3) is 2.88. The summed E-state index contributed by atoms with van der Waals surface area (Å²) in [7, 11) is -0.651. The van der Waals surface area contributed by atoms with E-state index in [2.05, 4.69) is 6.08 Å². The van der Waals surface area contributed by atoms with Crippen molar-refractivity contribution in [3.8, 4) is 0 Å². The molecule has 1 fully saturated rings. The fourth-order valence-corrected chi connectivity index (χ4v) is 4.07. The molecule has 0 heterocycles. The molecule has 2 rings (SSSR count). The Balaban J connectivity index is 2.26. The zero-order valence-corrected chi connectivity index (χ0v) is 12.2. The summed E-state index contributed by atoms with van der Waals surface area (Å²) in [5.41, 5.74) is 0.900. The summed E-state index contributed by atoms with van der Waals surface area (Å²) in [6.45, 7) is 0. The summed E-state index contributed by atoms with van der Waals surface area (Å²) in [6, 6.07) is 0. The molecule has 0 aliphatic heterocycles. The van der Waals surface area contributed by atoms with Crippen LogP contribution < -0.4 is 0 Å². The highest BCUT2D eigenvalue weighted by Crippen LogP contribution is 2.56. The molecule has 4 nitrogen and oxygen atoms in total. The molecule has 0 aromatic rings. The van der Waals surface area contributed by atoms with Crippen molar-refractivity contribution in [2.45, 2.75) is 57.0 Å². The molecule has 5 heteroatoms. The van der Waals surface area contributed by atoms with Crippen LogP contribution in [0.1, 0.15) is 51.4 Å². The molecule has 1 atom stereocenters. The van der Waals surface area contributed by atoms with E-state index in [1.165, 1.54) is 32.6 Å². The van der Waals surface area contributed by atoms with Crippen LogP contribution >= 0.6 is 7.82 Å². The summed E-state index contributed by atoms with van der Waals surface area (Å²) in [6.07, 6.45) is 10.9. The molecule has 1 unspecified atom stereocenters. The zero-order valence-electron chi connectivity index (χ0n) is 11.3. The van der Waals surface area contributed by atoms with E-state index < -0.39 is 13.4 Å². The van der Waals surface area contributed by atoms with Gasteiger partial charge in [0.2, 0.25) is 0 Å². The van der Waals surface area contributed by atoms with E-state index in [9.17, 15) is 4.57 Å². The van der Waals surface area contributed by atoms with Crippen molar-refractivity contribution >= 4 is 7.82 Å². The summed E-state index contributed by atoms with van der Waals surface area (Å²) in [5.74, 6) is 0. The largest absolute Gasteiger partial charge is 0.475 e. The molecule has 0 aromatic carbocycles. The monoisotopic (exact) mass is 274 g/mol. The minimum Gasteiger partial charge on any atom is -0.290 e. The van der Waals surface area contributed by atoms with Gasteiger partial charge in [-0.25, -0.2) is 4.57 Å². The molecule has 104 valence electrons. The third-order valence-electron chi connectivity index (χ3n) is 4.02. The normalized spacial score (nSPS) is 29.3. The summed E-state index contributed by atoms with van der Waals surface area (Å²) in [4.78, 5) is 0. The first-order valence-corrected chi connectivity index (χ1v) is 8.22. The van der Waals surface area contributed by atoms with E-state index in [0.29, 0.717) is 0 Å². The van der Waals surface area contributed by atoms with Crippen LogP contribution in [0.15, 0.2) is 11.6 Å². The fraction of sp³-hybridized carbons (Fsp3) is 0.846. The quantitative estimate of drug-likeness (QED) is 0.569. The molecule has 18 heavy (non-hydrogen) atoms. The predicted molar refractivity (Wildman–Crippen MR) is 70.5 cm³/mol. The van der Waals surface area contributed by atoms with Crippen molar-refractivity contribution in [1.82, 2.24) is 0 Å². The Kier molecular flexibility index (Phi) is 4.65. The molecular weight excluding hydrogens is 251 g/mol. The zero-order chi connectivity index (χ0) is 13.1. The average Bonchev–Trinajstić information content (AvgIpc) is 2.60. The fourth-order valence-electron chi connectivity index (χ4n) is 3.04. The molecule has 2 aliphatic rings. The number of hydrogen-bond donors (Lipinski definition) is 0. The van der Waals surface area contributed by atoms with Crippen LogP contribution in [0.25, 0.3) is 0 Å². The molecule has 0 N–H and O–H groups in total. The van der Waals surface area contributed by atoms with Crippen LogP contribution in [0.3, 0.4) is 0 Å². The minimum absolute atomic E-state index is 0.406. The smallest absolute Gasteiger partial charge is 0.290 e. The molecule has 1 saturated carbocycles. The van der Waals surface area contributed by atoms with E-state index in [1.54, 1.807) is 0 Å². The Bertz CT molecular complexity index is 358. The highest BCUT2D eigenvalue weighted by molar-refractivity contribution is 7.48. The van der Waals surface area contributed by atoms with Crippen molar-refractivity contribution < 1.29 is 18.1 Å². The minimum atomic E-state index is -3.41. The van der Waals surface area contributed by atoms with Crippen molar-refractivity contribution in [2.75, 3.05) is 14.2 Å². The number of hydrogen-bond acceptors (Lipinski definition) is 4. The van der Waals surface area contributed by atoms with E-state index in [4.69, 9.17) is 13.6 Å². The van der Waals surface area contributed by atoms with Gasteiger partial charge < -0.3 is 0 Å². The molecule has 0 aromatic heterocycles. The van der Waals surface area contributed by atoms with Gasteiger partial charge in [-0.2, -0.15) is 0 Å². The summed E-state index contributed by atoms with van der Waals surface area (Å²) < 4.78 is 28.1. The molecule has 2 aliphatic carbocycles. The Labute approximate surface area is 109 Å². The Hall–Kier alpha value is -0.150. The van der Waals surface area contributed by atoms with Crippen molar-refractivity contribution in [3.05, 3.63) is 11.6 Å². The topological polar surface area (TPSA) is 44.8 Å². The number of fused-ring (bicyclic) bond motifs is 1. The van der Waals surface area contributed by atoms with Gasteiger partial charge in [0.1, 0.15) is 5.60 Å². The molecular formula is C13H23O4P. The highest BCUT2D eigenvalue weighted by Gasteiger charge is 2.44. The first-order valence-electron chi connectivity index (χ1n) is 6.76. The van der Waals surface area contributed by atoms with Crippen LogP contribution in [0.2, 0.25) is 0 Å². The first kappa shape index (κ1) is 14.3. The van der Waals surface area contributed by atoms with Gasteiger partial charge in [-0.05, 0) is 44.1 Å². The van der Waals surface area contributed by atoms with Gasteiger partial charge in [0.25, 0.3) is 0 Å². The van der Waals surface area contributed by atoms with Gasteiger partial charge in [-0.3, -0.25) is 13.6 Å². The van der Waals surface area contributed by atoms with E-state index >= 15 is 0 Å². The molecule has 0 saturated heterocycles. The van der Waals surface area contributed by atoms with E-state index in [-0.39, 0.29) is 0 Å². The lowest BCUT2D eigenvalue weighted by Gasteiger charge is -2.39. The van der Waals surface area contributed by atoms with Crippen molar-refractivity contribution in [3.63, 3.8) is 0 Å². The Morgan fingerprint density at radius 3 is 2.56 bits per heavy atom. The maximum absolute atomic E-state index is 12.3. The maximum atomic E-state index is 12.3. The van der Waals surface area contributed by atoms with Crippen molar-refractivity contribution in [2.24, 2.45) is 0 Å². The third-order valence-corrected chi connectivity index (χ3v) is 5.49. The number of phosphoric ester groups is 1. The van der Waals surface area contributed by atoms with Crippen LogP contribution in [0, 0.1) is 0 Å². The van der Waals surface area contributed by atoms with Crippen LogP contribution in [-0.4, -0.2) is 19.8 Å². The average molecular weight is 274 g/mol. The van der Waals surface area contributed by atoms with Crippen LogP contribution in [-0.2, 0) is 18.1 Å². The lowest BCUT2D eigenvalue weighted by atomic mass is 9.80. The maximum Gasteiger partial charge on any atom is 0.475 e. The lowest BCUT2D eigenvalue weighted by Crippen LogP contribution is -2.35. The Morgan fingerprint density at radius 2 is 1.83 bits per heavy atom. The molecule has 0 bridgehead atoms. The van der Waals surface area contributed by atoms with E-state index in [0.717, 1.165) is 38.5 Å². The number of allylic oxidation sites excluding steroid dienone is 1. The van der Waals surface area contributed by atoms with Gasteiger partial charge in [0.05, 0.1) is 0 Å². The second-order valence-electron chi connectivity index (χ2n) is 5.08. The van der Waals surface area contributed by atoms with Crippen molar-refractivity contribution in [1.29, 1.82) is 0 Å². The second-order valence-corrected chi connectivity index (χ2v) is 6.89. The first-order chi connectivity index (χ1) is 8.64. The van der Waals surface area contributed by atoms with Crippen LogP contribution in [0.4, 0.5) is 0 Å². The van der Waals surface area contributed by atoms with Gasteiger partial charge >= 0.3 is 7.82 Å². The molecule has 0 radical (unpaired) electrons. The van der Waals surface area contributed by atoms with Gasteiger partial charge in [-0.1, -0.05) is 18.9 Å². The van der Waals surface area contributed by atoms with Gasteiger partial charge in [0.15, 0.2) is 0 Å². The highest BCUT2D eigenvalue weighted by atomic mass is 31.2. The predicted octanol–water partition coefficient (Wildman–Crippen LogP) is 4.22.